The van der Waals surface area contributed by atoms with Crippen molar-refractivity contribution in [3.8, 4) is 5.88 Å². The van der Waals surface area contributed by atoms with E-state index in [-0.39, 0.29) is 37.5 Å². The maximum Gasteiger partial charge on any atom is 0.303 e. The number of carboxylic acids is 2. The number of aromatic amines is 3. The molecule has 0 atom stereocenters. The number of H-pyrrole nitrogens is 3. The summed E-state index contributed by atoms with van der Waals surface area (Å²) in [4.78, 5) is 45.3. The first-order valence-electron chi connectivity index (χ1n) is 14.1. The molecular weight excluding hydrogens is 580 g/mol. The van der Waals surface area contributed by atoms with Crippen molar-refractivity contribution in [1.29, 1.82) is 0 Å². The molecule has 11 heteroatoms. The van der Waals surface area contributed by atoms with E-state index in [0.29, 0.717) is 28.6 Å². The van der Waals surface area contributed by atoms with Gasteiger partial charge in [-0.2, -0.15) is 0 Å². The fourth-order valence-electron chi connectivity index (χ4n) is 5.64. The monoisotopic (exact) mass is 616 g/mol. The minimum Gasteiger partial charge on any atom is -0.494 e. The molecule has 3 aromatic rings. The summed E-state index contributed by atoms with van der Waals surface area (Å²) >= 11 is 5.02. The molecule has 0 saturated carbocycles. The Hall–Kier alpha value is -4.90. The number of thiocarbonyl (C=S) groups is 1. The highest BCUT2D eigenvalue weighted by atomic mass is 32.1. The van der Waals surface area contributed by atoms with E-state index in [1.54, 1.807) is 13.0 Å². The third kappa shape index (κ3) is 6.52. The normalized spacial score (nSPS) is 15.0. The van der Waals surface area contributed by atoms with Crippen molar-refractivity contribution in [2.75, 3.05) is 0 Å². The number of nitrogens with one attached hydrogen (secondary N) is 4. The van der Waals surface area contributed by atoms with Crippen LogP contribution in [0.4, 0.5) is 0 Å². The number of aromatic nitrogens is 3. The van der Waals surface area contributed by atoms with Crippen molar-refractivity contribution in [2.24, 2.45) is 0 Å². The molecule has 0 fully saturated rings. The molecule has 0 unspecified atom stereocenters. The molecule has 0 aliphatic carbocycles. The van der Waals surface area contributed by atoms with Crippen molar-refractivity contribution in [3.05, 3.63) is 90.7 Å². The fourth-order valence-corrected chi connectivity index (χ4v) is 5.78. The van der Waals surface area contributed by atoms with Crippen LogP contribution in [-0.4, -0.2) is 53.5 Å². The number of hydrogen-bond donors (Lipinski definition) is 7. The topological polar surface area (TPSA) is 171 Å². The van der Waals surface area contributed by atoms with E-state index in [0.717, 1.165) is 55.8 Å². The smallest absolute Gasteiger partial charge is 0.303 e. The first-order chi connectivity index (χ1) is 20.9. The Morgan fingerprint density at radius 1 is 0.864 bits per heavy atom. The minimum absolute atomic E-state index is 0.0326. The third-order valence-electron chi connectivity index (χ3n) is 8.16. The lowest BCUT2D eigenvalue weighted by Gasteiger charge is -2.07. The van der Waals surface area contributed by atoms with Crippen LogP contribution in [0.3, 0.4) is 0 Å². The number of aromatic hydroxyl groups is 1. The molecule has 3 aromatic heterocycles. The van der Waals surface area contributed by atoms with E-state index in [4.69, 9.17) is 12.2 Å². The van der Waals surface area contributed by atoms with E-state index in [2.05, 4.69) is 26.8 Å². The van der Waals surface area contributed by atoms with Crippen molar-refractivity contribution < 1.29 is 29.7 Å². The predicted octanol–water partition coefficient (Wildman–Crippen LogP) is 3.51. The van der Waals surface area contributed by atoms with Crippen LogP contribution in [0.25, 0.3) is 18.2 Å². The fraction of sp³-hybridized carbons (Fsp3) is 0.273. The SMILES string of the molecule is C=CC1=C(C)/C(=C\c2[nH]c(Cc3[nH]c(/C=c4\[nH]c(O)c(C)\c4=C\C=S)c(C)c3CCC(=O)O)c(CCC(=O)O)c2C)NC1=O. The molecule has 4 heterocycles. The molecule has 10 nitrogen and oxygen atoms in total. The van der Waals surface area contributed by atoms with Crippen LogP contribution in [0.5, 0.6) is 5.88 Å². The lowest BCUT2D eigenvalue weighted by atomic mass is 9.98. The Bertz CT molecular complexity index is 1880. The Kier molecular flexibility index (Phi) is 9.59. The number of carbonyl (C=O) groups excluding carboxylic acids is 1. The summed E-state index contributed by atoms with van der Waals surface area (Å²) < 4.78 is 0. The van der Waals surface area contributed by atoms with Crippen molar-refractivity contribution in [2.45, 2.75) is 59.8 Å². The van der Waals surface area contributed by atoms with E-state index in [9.17, 15) is 29.7 Å². The van der Waals surface area contributed by atoms with Gasteiger partial charge in [-0.1, -0.05) is 24.9 Å². The molecule has 0 radical (unpaired) electrons. The van der Waals surface area contributed by atoms with E-state index in [1.807, 2.05) is 32.9 Å². The van der Waals surface area contributed by atoms with Crippen LogP contribution in [0, 0.1) is 20.8 Å². The summed E-state index contributed by atoms with van der Waals surface area (Å²) in [6.07, 6.45) is 7.74. The number of allylic oxidation sites excluding steroid dienone is 1. The molecule has 0 saturated heterocycles. The Morgan fingerprint density at radius 2 is 1.41 bits per heavy atom. The molecule has 0 spiro atoms. The van der Waals surface area contributed by atoms with Gasteiger partial charge in [-0.05, 0) is 86.6 Å². The molecule has 1 aliphatic rings. The summed E-state index contributed by atoms with van der Waals surface area (Å²) in [5.41, 5.74) is 9.03. The Morgan fingerprint density at radius 3 is 1.89 bits per heavy atom. The average molecular weight is 617 g/mol. The average Bonchev–Trinajstić information content (AvgIpc) is 3.60. The van der Waals surface area contributed by atoms with Gasteiger partial charge in [0.25, 0.3) is 5.91 Å². The number of carboxylic acid groups (broad SMARTS) is 2. The van der Waals surface area contributed by atoms with Gasteiger partial charge in [0.1, 0.15) is 0 Å². The maximum atomic E-state index is 12.4. The highest BCUT2D eigenvalue weighted by molar-refractivity contribution is 7.79. The van der Waals surface area contributed by atoms with Crippen molar-refractivity contribution >= 4 is 53.7 Å². The van der Waals surface area contributed by atoms with Crippen LogP contribution < -0.4 is 15.9 Å². The Labute approximate surface area is 259 Å². The van der Waals surface area contributed by atoms with Crippen LogP contribution in [0.15, 0.2) is 29.5 Å². The standard InChI is InChI=1S/C33H36N4O6S/c1-6-20-16(2)26(36-33(20)43)13-24-17(3)21(7-9-30(38)39)27(34-24)15-28-22(8-10-31(40)41)18(4)25(35-28)14-29-23(11-12-44)19(5)32(42)37-29/h6,11-14,34-35,37,42H,1,7-10,15H2,2-5H3,(H,36,43)(H,38,39)(H,40,41)/b23-11-,26-13+,29-14-. The van der Waals surface area contributed by atoms with E-state index in [1.165, 1.54) is 11.4 Å². The van der Waals surface area contributed by atoms with Gasteiger partial charge in [0.15, 0.2) is 5.88 Å². The zero-order valence-corrected chi connectivity index (χ0v) is 25.9. The minimum atomic E-state index is -0.919. The highest BCUT2D eigenvalue weighted by Gasteiger charge is 2.24. The van der Waals surface area contributed by atoms with Crippen LogP contribution >= 0.6 is 12.2 Å². The van der Waals surface area contributed by atoms with Crippen LogP contribution in [0.2, 0.25) is 0 Å². The quantitative estimate of drug-likeness (QED) is 0.153. The second-order valence-electron chi connectivity index (χ2n) is 10.8. The lowest BCUT2D eigenvalue weighted by molar-refractivity contribution is -0.138. The first kappa shape index (κ1) is 32.0. The van der Waals surface area contributed by atoms with Gasteiger partial charge in [-0.3, -0.25) is 14.4 Å². The van der Waals surface area contributed by atoms with Crippen molar-refractivity contribution in [1.82, 2.24) is 20.3 Å². The lowest BCUT2D eigenvalue weighted by Crippen LogP contribution is -2.24. The summed E-state index contributed by atoms with van der Waals surface area (Å²) in [6.45, 7) is 11.2. The van der Waals surface area contributed by atoms with Crippen molar-refractivity contribution in [3.63, 3.8) is 0 Å². The van der Waals surface area contributed by atoms with Gasteiger partial charge >= 0.3 is 11.9 Å². The number of hydrogen-bond acceptors (Lipinski definition) is 5. The molecule has 1 aliphatic heterocycles. The first-order valence-corrected chi connectivity index (χ1v) is 14.6. The second kappa shape index (κ2) is 13.2. The van der Waals surface area contributed by atoms with Gasteiger partial charge in [-0.25, -0.2) is 0 Å². The second-order valence-corrected chi connectivity index (χ2v) is 11.1. The zero-order chi connectivity index (χ0) is 32.3. The van der Waals surface area contributed by atoms with Gasteiger partial charge in [0.2, 0.25) is 0 Å². The van der Waals surface area contributed by atoms with Crippen LogP contribution in [0.1, 0.15) is 70.4 Å². The number of rotatable bonds is 12. The highest BCUT2D eigenvalue weighted by Crippen LogP contribution is 2.30. The summed E-state index contributed by atoms with van der Waals surface area (Å²) in [5.74, 6) is -2.04. The molecule has 7 N–H and O–H groups in total. The summed E-state index contributed by atoms with van der Waals surface area (Å²) in [7, 11) is 0. The molecule has 1 amide bonds. The number of carbonyl (C=O) groups is 3. The molecule has 0 aromatic carbocycles. The number of aliphatic carboxylic acids is 2. The zero-order valence-electron chi connectivity index (χ0n) is 25.1. The molecule has 44 heavy (non-hydrogen) atoms. The maximum absolute atomic E-state index is 12.4. The molecule has 0 bridgehead atoms. The van der Waals surface area contributed by atoms with Gasteiger partial charge < -0.3 is 35.6 Å². The molecule has 230 valence electrons. The van der Waals surface area contributed by atoms with E-state index >= 15 is 0 Å². The molecule has 4 rings (SSSR count). The van der Waals surface area contributed by atoms with Gasteiger partial charge in [0.05, 0.1) is 5.35 Å². The van der Waals surface area contributed by atoms with E-state index < -0.39 is 11.9 Å². The molecular formula is C33H36N4O6S. The largest absolute Gasteiger partial charge is 0.494 e. The Balaban J connectivity index is 1.85. The van der Waals surface area contributed by atoms with Gasteiger partial charge in [0, 0.05) is 69.5 Å². The predicted molar refractivity (Wildman–Crippen MR) is 173 cm³/mol. The van der Waals surface area contributed by atoms with Gasteiger partial charge in [-0.15, -0.1) is 0 Å². The summed E-state index contributed by atoms with van der Waals surface area (Å²) in [5, 5.41) is 34.9. The summed E-state index contributed by atoms with van der Waals surface area (Å²) in [6, 6.07) is 0. The third-order valence-corrected chi connectivity index (χ3v) is 8.30. The van der Waals surface area contributed by atoms with Crippen LogP contribution in [-0.2, 0) is 33.6 Å². The number of amides is 1.